The fraction of sp³-hybridized carbons (Fsp3) is 0.450. The quantitative estimate of drug-likeness (QED) is 0.708. The number of aromatic nitrogens is 3. The summed E-state index contributed by atoms with van der Waals surface area (Å²) in [6.45, 7) is 1.87. The molecule has 148 valence electrons. The number of alkyl halides is 2. The summed E-state index contributed by atoms with van der Waals surface area (Å²) in [4.78, 5) is 16.8. The number of aryl methyl sites for hydroxylation is 1. The average molecular weight is 388 g/mol. The van der Waals surface area contributed by atoms with Gasteiger partial charge in [-0.2, -0.15) is 5.10 Å². The molecule has 28 heavy (non-hydrogen) atoms. The minimum atomic E-state index is -2.70. The zero-order chi connectivity index (χ0) is 19.7. The van der Waals surface area contributed by atoms with Crippen molar-refractivity contribution in [3.63, 3.8) is 0 Å². The first kappa shape index (κ1) is 18.6. The van der Waals surface area contributed by atoms with Crippen LogP contribution in [-0.2, 0) is 9.53 Å². The molecule has 0 N–H and O–H groups in total. The molecule has 0 radical (unpaired) electrons. The van der Waals surface area contributed by atoms with Crippen LogP contribution in [0.2, 0.25) is 0 Å². The van der Waals surface area contributed by atoms with E-state index >= 15 is 0 Å². The minimum absolute atomic E-state index is 0.0246. The van der Waals surface area contributed by atoms with E-state index < -0.39 is 12.7 Å². The van der Waals surface area contributed by atoms with Crippen LogP contribution < -0.4 is 4.90 Å². The van der Waals surface area contributed by atoms with Crippen molar-refractivity contribution >= 4 is 12.0 Å². The normalized spacial score (nSPS) is 24.6. The summed E-state index contributed by atoms with van der Waals surface area (Å²) in [5.41, 5.74) is 1.73. The smallest absolute Gasteiger partial charge is 0.284 e. The summed E-state index contributed by atoms with van der Waals surface area (Å²) in [7, 11) is 0. The van der Waals surface area contributed by atoms with Gasteiger partial charge < -0.3 is 14.4 Å². The van der Waals surface area contributed by atoms with Crippen molar-refractivity contribution in [3.8, 4) is 0 Å². The molecule has 1 aliphatic heterocycles. The van der Waals surface area contributed by atoms with Gasteiger partial charge in [-0.25, -0.2) is 8.78 Å². The summed E-state index contributed by atoms with van der Waals surface area (Å²) in [6, 6.07) is 3.71. The third-order valence-electron chi connectivity index (χ3n) is 5.42. The van der Waals surface area contributed by atoms with E-state index in [4.69, 9.17) is 4.74 Å². The molecular formula is C20H22F2N4O2. The SMILES string of the molecule is Cc1cc(C2OC=CN2c2cn(C3CCC(C=O)CC3)nc2C(F)F)ccn1. The van der Waals surface area contributed by atoms with E-state index in [1.807, 2.05) is 19.1 Å². The highest BCUT2D eigenvalue weighted by atomic mass is 19.3. The molecule has 1 aliphatic carbocycles. The number of pyridine rings is 1. The number of hydrogen-bond donors (Lipinski definition) is 0. The summed E-state index contributed by atoms with van der Waals surface area (Å²) >= 11 is 0. The average Bonchev–Trinajstić information content (AvgIpc) is 3.35. The molecule has 0 saturated heterocycles. The Balaban J connectivity index is 1.64. The predicted molar refractivity (Wildman–Crippen MR) is 98.7 cm³/mol. The first-order chi connectivity index (χ1) is 13.6. The van der Waals surface area contributed by atoms with E-state index in [1.165, 1.54) is 6.26 Å². The first-order valence-corrected chi connectivity index (χ1v) is 9.42. The van der Waals surface area contributed by atoms with Crippen LogP contribution in [0.3, 0.4) is 0 Å². The molecule has 6 nitrogen and oxygen atoms in total. The van der Waals surface area contributed by atoms with E-state index in [-0.39, 0.29) is 17.7 Å². The van der Waals surface area contributed by atoms with Crippen LogP contribution in [0.25, 0.3) is 0 Å². The lowest BCUT2D eigenvalue weighted by Crippen LogP contribution is -2.21. The van der Waals surface area contributed by atoms with Gasteiger partial charge in [-0.1, -0.05) is 0 Å². The van der Waals surface area contributed by atoms with Crippen molar-refractivity contribution < 1.29 is 18.3 Å². The molecule has 4 rings (SSSR count). The van der Waals surface area contributed by atoms with E-state index in [0.29, 0.717) is 5.69 Å². The molecule has 0 bridgehead atoms. The Kier molecular flexibility index (Phi) is 5.11. The van der Waals surface area contributed by atoms with Gasteiger partial charge in [0.15, 0.2) is 5.69 Å². The number of anilines is 1. The molecular weight excluding hydrogens is 366 g/mol. The minimum Gasteiger partial charge on any atom is -0.472 e. The Morgan fingerprint density at radius 1 is 1.29 bits per heavy atom. The van der Waals surface area contributed by atoms with Gasteiger partial charge in [0.2, 0.25) is 6.23 Å². The van der Waals surface area contributed by atoms with Gasteiger partial charge in [-0.15, -0.1) is 0 Å². The fourth-order valence-corrected chi connectivity index (χ4v) is 3.93. The van der Waals surface area contributed by atoms with Gasteiger partial charge in [-0.05, 0) is 44.7 Å². The van der Waals surface area contributed by atoms with Crippen LogP contribution in [0.4, 0.5) is 14.5 Å². The number of hydrogen-bond acceptors (Lipinski definition) is 5. The van der Waals surface area contributed by atoms with Gasteiger partial charge in [0.05, 0.1) is 11.7 Å². The summed E-state index contributed by atoms with van der Waals surface area (Å²) < 4.78 is 34.8. The van der Waals surface area contributed by atoms with Gasteiger partial charge in [0.25, 0.3) is 6.43 Å². The van der Waals surface area contributed by atoms with Crippen molar-refractivity contribution in [2.75, 3.05) is 4.90 Å². The number of carbonyl (C=O) groups excluding carboxylic acids is 1. The van der Waals surface area contributed by atoms with Crippen molar-refractivity contribution in [1.82, 2.24) is 14.8 Å². The van der Waals surface area contributed by atoms with Crippen molar-refractivity contribution in [2.24, 2.45) is 5.92 Å². The third-order valence-corrected chi connectivity index (χ3v) is 5.42. The second-order valence-electron chi connectivity index (χ2n) is 7.30. The lowest BCUT2D eigenvalue weighted by Gasteiger charge is -2.26. The second-order valence-corrected chi connectivity index (χ2v) is 7.30. The number of carbonyl (C=O) groups is 1. The maximum atomic E-state index is 13.7. The van der Waals surface area contributed by atoms with Crippen molar-refractivity contribution in [3.05, 3.63) is 53.9 Å². The zero-order valence-electron chi connectivity index (χ0n) is 15.5. The standard InChI is InChI=1S/C20H22F2N4O2/c1-13-10-15(6-7-23-13)20-25(8-9-28-20)17-11-26(24-18(17)19(21)22)16-4-2-14(12-27)3-5-16/h6-12,14,16,19-20H,2-5H2,1H3. The second kappa shape index (κ2) is 7.69. The van der Waals surface area contributed by atoms with Gasteiger partial charge in [0, 0.05) is 35.8 Å². The van der Waals surface area contributed by atoms with Crippen LogP contribution in [-0.4, -0.2) is 21.1 Å². The monoisotopic (exact) mass is 388 g/mol. The Hall–Kier alpha value is -2.77. The van der Waals surface area contributed by atoms with E-state index in [1.54, 1.807) is 28.2 Å². The van der Waals surface area contributed by atoms with Crippen LogP contribution >= 0.6 is 0 Å². The lowest BCUT2D eigenvalue weighted by molar-refractivity contribution is -0.112. The molecule has 0 amide bonds. The van der Waals surface area contributed by atoms with Crippen LogP contribution in [0, 0.1) is 12.8 Å². The van der Waals surface area contributed by atoms with E-state index in [9.17, 15) is 13.6 Å². The molecule has 1 unspecified atom stereocenters. The predicted octanol–water partition coefficient (Wildman–Crippen LogP) is 4.46. The molecule has 2 aromatic rings. The summed E-state index contributed by atoms with van der Waals surface area (Å²) in [6.07, 6.45) is 7.29. The zero-order valence-corrected chi connectivity index (χ0v) is 15.5. The topological polar surface area (TPSA) is 60.2 Å². The van der Waals surface area contributed by atoms with Gasteiger partial charge >= 0.3 is 0 Å². The Labute approximate surface area is 161 Å². The Morgan fingerprint density at radius 3 is 2.75 bits per heavy atom. The molecule has 2 aliphatic rings. The molecule has 1 saturated carbocycles. The van der Waals surface area contributed by atoms with Gasteiger partial charge in [0.1, 0.15) is 12.5 Å². The molecule has 0 spiro atoms. The van der Waals surface area contributed by atoms with Crippen LogP contribution in [0.5, 0.6) is 0 Å². The number of nitrogens with zero attached hydrogens (tertiary/aromatic N) is 4. The summed E-state index contributed by atoms with van der Waals surface area (Å²) in [5.74, 6) is 0.0649. The van der Waals surface area contributed by atoms with E-state index in [0.717, 1.165) is 43.2 Å². The largest absolute Gasteiger partial charge is 0.472 e. The van der Waals surface area contributed by atoms with Crippen LogP contribution in [0.15, 0.2) is 37.0 Å². The Morgan fingerprint density at radius 2 is 2.07 bits per heavy atom. The maximum Gasteiger partial charge on any atom is 0.284 e. The number of ether oxygens (including phenoxy) is 1. The highest BCUT2D eigenvalue weighted by Gasteiger charge is 2.32. The van der Waals surface area contributed by atoms with Crippen molar-refractivity contribution in [2.45, 2.75) is 51.3 Å². The number of rotatable bonds is 5. The summed E-state index contributed by atoms with van der Waals surface area (Å²) in [5, 5.41) is 4.21. The molecule has 2 aromatic heterocycles. The van der Waals surface area contributed by atoms with E-state index in [2.05, 4.69) is 10.1 Å². The Bertz CT molecular complexity index is 875. The van der Waals surface area contributed by atoms with Crippen LogP contribution in [0.1, 0.15) is 61.3 Å². The molecule has 8 heteroatoms. The highest BCUT2D eigenvalue weighted by molar-refractivity contribution is 5.56. The number of aldehydes is 1. The third kappa shape index (κ3) is 3.50. The highest BCUT2D eigenvalue weighted by Crippen LogP contribution is 2.40. The fourth-order valence-electron chi connectivity index (χ4n) is 3.93. The van der Waals surface area contributed by atoms with Gasteiger partial charge in [-0.3, -0.25) is 9.67 Å². The maximum absolute atomic E-state index is 13.7. The lowest BCUT2D eigenvalue weighted by atomic mass is 9.87. The van der Waals surface area contributed by atoms with Crippen molar-refractivity contribution in [1.29, 1.82) is 0 Å². The molecule has 1 atom stereocenters. The molecule has 1 fully saturated rings. The number of halogens is 2. The molecule has 3 heterocycles. The molecule has 0 aromatic carbocycles. The first-order valence-electron chi connectivity index (χ1n) is 9.42.